The van der Waals surface area contributed by atoms with Crippen molar-refractivity contribution in [2.75, 3.05) is 12.3 Å². The molecule has 1 aromatic carbocycles. The van der Waals surface area contributed by atoms with Crippen molar-refractivity contribution in [3.05, 3.63) is 64.7 Å². The van der Waals surface area contributed by atoms with Crippen LogP contribution in [0.25, 0.3) is 5.95 Å². The van der Waals surface area contributed by atoms with Gasteiger partial charge in [-0.25, -0.2) is 23.1 Å². The third kappa shape index (κ3) is 5.55. The van der Waals surface area contributed by atoms with Gasteiger partial charge in [-0.2, -0.15) is 5.10 Å². The molecule has 164 valence electrons. The molecule has 8 nitrogen and oxygen atoms in total. The first-order valence-electron chi connectivity index (χ1n) is 10.1. The highest BCUT2D eigenvalue weighted by atomic mass is 32.2. The molecule has 1 N–H and O–H groups in total. The lowest BCUT2D eigenvalue weighted by Crippen LogP contribution is -2.27. The van der Waals surface area contributed by atoms with Crippen LogP contribution in [0.2, 0.25) is 0 Å². The molecule has 0 saturated heterocycles. The second-order valence-electron chi connectivity index (χ2n) is 7.52. The highest BCUT2D eigenvalue weighted by Gasteiger charge is 2.18. The Balaban J connectivity index is 1.59. The van der Waals surface area contributed by atoms with Gasteiger partial charge in [0.05, 0.1) is 22.8 Å². The van der Waals surface area contributed by atoms with Gasteiger partial charge in [-0.05, 0) is 52.3 Å². The lowest BCUT2D eigenvalue weighted by molar-refractivity contribution is -0.120. The van der Waals surface area contributed by atoms with E-state index in [2.05, 4.69) is 20.4 Å². The van der Waals surface area contributed by atoms with E-state index in [1.807, 2.05) is 33.8 Å². The van der Waals surface area contributed by atoms with Gasteiger partial charge >= 0.3 is 0 Å². The number of nitrogens with zero attached hydrogens (tertiary/aromatic N) is 4. The minimum absolute atomic E-state index is 0.0165. The molecule has 0 atom stereocenters. The molecule has 9 heteroatoms. The second-order valence-corrected chi connectivity index (χ2v) is 9.63. The maximum atomic E-state index is 12.4. The Morgan fingerprint density at radius 2 is 1.68 bits per heavy atom. The zero-order valence-electron chi connectivity index (χ0n) is 18.2. The smallest absolute Gasteiger partial charge is 0.251 e. The molecule has 0 spiro atoms. The topological polar surface area (TPSA) is 107 Å². The van der Waals surface area contributed by atoms with Crippen LogP contribution in [0.4, 0.5) is 0 Å². The van der Waals surface area contributed by atoms with Crippen LogP contribution in [0.15, 0.2) is 41.3 Å². The standard InChI is InChI=1S/C22H27N5O3S/c1-15-13-16(2)25-22(24-15)27-18(4)20(17(3)26-27)14-21(28)23-11-8-12-31(29,30)19-9-6-5-7-10-19/h5-7,9-10,13H,8,11-12,14H2,1-4H3,(H,23,28). The van der Waals surface area contributed by atoms with E-state index in [9.17, 15) is 13.2 Å². The predicted octanol–water partition coefficient (Wildman–Crippen LogP) is 2.42. The number of benzene rings is 1. The number of rotatable bonds is 8. The van der Waals surface area contributed by atoms with E-state index in [-0.39, 0.29) is 24.6 Å². The molecule has 3 aromatic rings. The monoisotopic (exact) mass is 441 g/mol. The summed E-state index contributed by atoms with van der Waals surface area (Å²) in [7, 11) is -3.34. The fourth-order valence-corrected chi connectivity index (χ4v) is 4.72. The molecule has 0 aliphatic rings. The minimum Gasteiger partial charge on any atom is -0.356 e. The lowest BCUT2D eigenvalue weighted by atomic mass is 10.1. The normalized spacial score (nSPS) is 11.5. The van der Waals surface area contributed by atoms with Crippen LogP contribution < -0.4 is 5.32 Å². The summed E-state index contributed by atoms with van der Waals surface area (Å²) >= 11 is 0. The van der Waals surface area contributed by atoms with Crippen molar-refractivity contribution in [3.63, 3.8) is 0 Å². The third-order valence-corrected chi connectivity index (χ3v) is 6.77. The molecule has 0 fully saturated rings. The van der Waals surface area contributed by atoms with Crippen LogP contribution in [0, 0.1) is 27.7 Å². The minimum atomic E-state index is -3.34. The zero-order valence-corrected chi connectivity index (χ0v) is 19.0. The molecule has 0 bridgehead atoms. The van der Waals surface area contributed by atoms with Gasteiger partial charge in [0.25, 0.3) is 5.95 Å². The number of hydrogen-bond acceptors (Lipinski definition) is 6. The summed E-state index contributed by atoms with van der Waals surface area (Å²) in [5.41, 5.74) is 4.06. The van der Waals surface area contributed by atoms with Crippen LogP contribution >= 0.6 is 0 Å². The Labute approximate surface area is 182 Å². The van der Waals surface area contributed by atoms with Gasteiger partial charge < -0.3 is 5.32 Å². The fourth-order valence-electron chi connectivity index (χ4n) is 3.39. The van der Waals surface area contributed by atoms with Crippen LogP contribution in [0.3, 0.4) is 0 Å². The Kier molecular flexibility index (Phi) is 6.84. The maximum absolute atomic E-state index is 12.4. The first-order valence-corrected chi connectivity index (χ1v) is 11.7. The first-order chi connectivity index (χ1) is 14.7. The predicted molar refractivity (Wildman–Crippen MR) is 118 cm³/mol. The number of carbonyl (C=O) groups excluding carboxylic acids is 1. The Hall–Kier alpha value is -3.07. The van der Waals surface area contributed by atoms with Gasteiger partial charge in [-0.15, -0.1) is 0 Å². The zero-order chi connectivity index (χ0) is 22.6. The Morgan fingerprint density at radius 1 is 1.03 bits per heavy atom. The molecular formula is C22H27N5O3S. The van der Waals surface area contributed by atoms with Crippen LogP contribution in [-0.2, 0) is 21.1 Å². The van der Waals surface area contributed by atoms with Gasteiger partial charge in [-0.3, -0.25) is 4.79 Å². The van der Waals surface area contributed by atoms with Crippen LogP contribution in [0.1, 0.15) is 34.8 Å². The number of hydrogen-bond donors (Lipinski definition) is 1. The Bertz CT molecular complexity index is 1170. The number of amides is 1. The van der Waals surface area contributed by atoms with E-state index >= 15 is 0 Å². The quantitative estimate of drug-likeness (QED) is 0.538. The lowest BCUT2D eigenvalue weighted by Gasteiger charge is -2.08. The molecule has 0 aliphatic heterocycles. The largest absolute Gasteiger partial charge is 0.356 e. The van der Waals surface area contributed by atoms with Gasteiger partial charge in [0.15, 0.2) is 9.84 Å². The summed E-state index contributed by atoms with van der Waals surface area (Å²) in [5.74, 6) is 0.289. The molecule has 2 heterocycles. The van der Waals surface area contributed by atoms with E-state index in [4.69, 9.17) is 0 Å². The summed E-state index contributed by atoms with van der Waals surface area (Å²) < 4.78 is 26.3. The van der Waals surface area contributed by atoms with Crippen molar-refractivity contribution in [1.29, 1.82) is 0 Å². The highest BCUT2D eigenvalue weighted by molar-refractivity contribution is 7.91. The summed E-state index contributed by atoms with van der Waals surface area (Å²) in [4.78, 5) is 21.6. The first kappa shape index (κ1) is 22.6. The van der Waals surface area contributed by atoms with Gasteiger partial charge in [0.1, 0.15) is 0 Å². The molecule has 0 unspecified atom stereocenters. The number of sulfone groups is 1. The highest BCUT2D eigenvalue weighted by Crippen LogP contribution is 2.17. The molecule has 3 rings (SSSR count). The fraction of sp³-hybridized carbons (Fsp3) is 0.364. The van der Waals surface area contributed by atoms with E-state index in [1.54, 1.807) is 35.0 Å². The molecule has 0 aliphatic carbocycles. The summed E-state index contributed by atoms with van der Waals surface area (Å²) in [5, 5.41) is 7.32. The SMILES string of the molecule is Cc1cc(C)nc(-n2nc(C)c(CC(=O)NCCCS(=O)(=O)c3ccccc3)c2C)n1. The third-order valence-electron chi connectivity index (χ3n) is 4.95. The molecular weight excluding hydrogens is 414 g/mol. The number of aryl methyl sites for hydroxylation is 3. The molecule has 31 heavy (non-hydrogen) atoms. The Morgan fingerprint density at radius 3 is 2.32 bits per heavy atom. The van der Waals surface area contributed by atoms with Crippen molar-refractivity contribution in [1.82, 2.24) is 25.1 Å². The van der Waals surface area contributed by atoms with E-state index in [1.165, 1.54) is 0 Å². The van der Waals surface area contributed by atoms with E-state index < -0.39 is 9.84 Å². The van der Waals surface area contributed by atoms with Crippen LogP contribution in [0.5, 0.6) is 0 Å². The van der Waals surface area contributed by atoms with Crippen molar-refractivity contribution in [2.24, 2.45) is 0 Å². The summed E-state index contributed by atoms with van der Waals surface area (Å²) in [6.07, 6.45) is 0.504. The molecule has 2 aromatic heterocycles. The van der Waals surface area contributed by atoms with Crippen molar-refractivity contribution in [3.8, 4) is 5.95 Å². The molecule has 0 saturated carbocycles. The van der Waals surface area contributed by atoms with Crippen molar-refractivity contribution < 1.29 is 13.2 Å². The van der Waals surface area contributed by atoms with E-state index in [0.717, 1.165) is 28.3 Å². The van der Waals surface area contributed by atoms with Crippen molar-refractivity contribution >= 4 is 15.7 Å². The van der Waals surface area contributed by atoms with Crippen LogP contribution in [-0.4, -0.2) is 46.4 Å². The maximum Gasteiger partial charge on any atom is 0.251 e. The van der Waals surface area contributed by atoms with Crippen molar-refractivity contribution in [2.45, 2.75) is 45.4 Å². The molecule has 1 amide bonds. The summed E-state index contributed by atoms with van der Waals surface area (Å²) in [6.45, 7) is 7.82. The number of carbonyl (C=O) groups is 1. The van der Waals surface area contributed by atoms with Gasteiger partial charge in [0, 0.05) is 29.2 Å². The summed E-state index contributed by atoms with van der Waals surface area (Å²) in [6, 6.07) is 10.2. The van der Waals surface area contributed by atoms with Gasteiger partial charge in [-0.1, -0.05) is 18.2 Å². The average Bonchev–Trinajstić information content (AvgIpc) is 2.99. The second kappa shape index (κ2) is 9.38. The van der Waals surface area contributed by atoms with E-state index in [0.29, 0.717) is 17.3 Å². The average molecular weight is 442 g/mol. The number of nitrogens with one attached hydrogen (secondary N) is 1. The van der Waals surface area contributed by atoms with Gasteiger partial charge in [0.2, 0.25) is 5.91 Å². The molecule has 0 radical (unpaired) electrons. The number of aromatic nitrogens is 4.